The predicted octanol–water partition coefficient (Wildman–Crippen LogP) is 0.219. The normalized spacial score (nSPS) is 21.1. The lowest BCUT2D eigenvalue weighted by Gasteiger charge is -2.32. The fourth-order valence-electron chi connectivity index (χ4n) is 4.09. The average Bonchev–Trinajstić information content (AvgIpc) is 3.02. The van der Waals surface area contributed by atoms with Gasteiger partial charge in [0.15, 0.2) is 6.04 Å². The quantitative estimate of drug-likeness (QED) is 0.704. The van der Waals surface area contributed by atoms with Gasteiger partial charge in [-0.2, -0.15) is 0 Å². The maximum Gasteiger partial charge on any atom is 0.282 e. The van der Waals surface area contributed by atoms with Crippen LogP contribution in [0.15, 0.2) is 22.7 Å². The van der Waals surface area contributed by atoms with E-state index in [0.717, 1.165) is 61.0 Å². The minimum absolute atomic E-state index is 0.0547. The van der Waals surface area contributed by atoms with Gasteiger partial charge in [0.05, 0.1) is 0 Å². The maximum atomic E-state index is 12.8. The Bertz CT molecular complexity index is 783. The first-order chi connectivity index (χ1) is 12.8. The van der Waals surface area contributed by atoms with Crippen molar-refractivity contribution in [3.05, 3.63) is 46.3 Å². The molecule has 2 heterocycles. The predicted molar refractivity (Wildman–Crippen MR) is 105 cm³/mol. The molecule has 1 aliphatic rings. The fraction of sp³-hybridized carbons (Fsp3) is 0.524. The van der Waals surface area contributed by atoms with E-state index in [9.17, 15) is 4.79 Å². The number of anilines is 1. The summed E-state index contributed by atoms with van der Waals surface area (Å²) >= 11 is 0. The number of rotatable bonds is 5. The summed E-state index contributed by atoms with van der Waals surface area (Å²) in [5.41, 5.74) is 5.45. The molecule has 0 saturated carbocycles. The number of carbonyl (C=O) groups is 1. The molecule has 1 fully saturated rings. The van der Waals surface area contributed by atoms with Crippen LogP contribution in [0, 0.1) is 27.7 Å². The number of aromatic nitrogens is 1. The monoisotopic (exact) mass is 372 g/mol. The van der Waals surface area contributed by atoms with Gasteiger partial charge in [0.2, 0.25) is 0 Å². The zero-order valence-electron chi connectivity index (χ0n) is 17.1. The van der Waals surface area contributed by atoms with E-state index >= 15 is 0 Å². The fourth-order valence-corrected chi connectivity index (χ4v) is 4.09. The van der Waals surface area contributed by atoms with Crippen molar-refractivity contribution in [3.63, 3.8) is 0 Å². The van der Waals surface area contributed by atoms with E-state index in [1.807, 2.05) is 19.9 Å². The Balaban J connectivity index is 1.54. The second kappa shape index (κ2) is 8.23. The first-order valence-corrected chi connectivity index (χ1v) is 9.82. The lowest BCUT2D eigenvalue weighted by Crippen LogP contribution is -3.29. The third-order valence-electron chi connectivity index (χ3n) is 5.64. The number of hydrogen-bond donors (Lipinski definition) is 3. The Hall–Kier alpha value is -2.18. The van der Waals surface area contributed by atoms with Crippen molar-refractivity contribution in [1.29, 1.82) is 0 Å². The van der Waals surface area contributed by atoms with E-state index in [1.165, 1.54) is 15.4 Å². The van der Waals surface area contributed by atoms with Crippen molar-refractivity contribution in [1.82, 2.24) is 5.16 Å². The van der Waals surface area contributed by atoms with Crippen LogP contribution < -0.4 is 15.1 Å². The number of aryl methyl sites for hydroxylation is 4. The molecule has 3 rings (SSSR count). The van der Waals surface area contributed by atoms with Crippen molar-refractivity contribution in [2.75, 3.05) is 31.5 Å². The molecule has 1 aromatic carbocycles. The topological polar surface area (TPSA) is 64.0 Å². The second-order valence-corrected chi connectivity index (χ2v) is 8.00. The minimum Gasteiger partial charge on any atom is -0.361 e. The van der Waals surface area contributed by atoms with Crippen LogP contribution in [0.25, 0.3) is 0 Å². The van der Waals surface area contributed by atoms with Crippen LogP contribution in [0.5, 0.6) is 0 Å². The number of amides is 1. The van der Waals surface area contributed by atoms with E-state index < -0.39 is 0 Å². The SMILES string of the molecule is Cc1cc(C)c(NC(=O)[C@H](C)[NH+]2CC[NH+](Cc3cc(C)on3)CC2)c(C)c1. The molecule has 0 bridgehead atoms. The van der Waals surface area contributed by atoms with Crippen LogP contribution in [-0.4, -0.2) is 43.3 Å². The van der Waals surface area contributed by atoms with E-state index in [4.69, 9.17) is 4.52 Å². The van der Waals surface area contributed by atoms with Crippen LogP contribution >= 0.6 is 0 Å². The molecule has 1 amide bonds. The Morgan fingerprint density at radius 1 is 1.11 bits per heavy atom. The molecule has 27 heavy (non-hydrogen) atoms. The van der Waals surface area contributed by atoms with E-state index in [-0.39, 0.29) is 11.9 Å². The third-order valence-corrected chi connectivity index (χ3v) is 5.64. The number of nitrogens with one attached hydrogen (secondary N) is 3. The van der Waals surface area contributed by atoms with Gasteiger partial charge in [0.1, 0.15) is 44.2 Å². The van der Waals surface area contributed by atoms with Gasteiger partial charge in [-0.05, 0) is 45.7 Å². The molecule has 1 aromatic heterocycles. The number of quaternary nitrogens is 2. The molecule has 0 aliphatic carbocycles. The molecule has 0 spiro atoms. The third kappa shape index (κ3) is 4.76. The zero-order valence-corrected chi connectivity index (χ0v) is 17.1. The van der Waals surface area contributed by atoms with Crippen LogP contribution in [0.4, 0.5) is 5.69 Å². The number of nitrogens with zero attached hydrogens (tertiary/aromatic N) is 1. The number of piperazine rings is 1. The number of hydrogen-bond acceptors (Lipinski definition) is 3. The molecular weight excluding hydrogens is 340 g/mol. The van der Waals surface area contributed by atoms with Crippen LogP contribution in [0.1, 0.15) is 35.1 Å². The van der Waals surface area contributed by atoms with Gasteiger partial charge in [-0.3, -0.25) is 4.79 Å². The Morgan fingerprint density at radius 2 is 1.74 bits per heavy atom. The van der Waals surface area contributed by atoms with Gasteiger partial charge >= 0.3 is 0 Å². The maximum absolute atomic E-state index is 12.8. The molecule has 3 N–H and O–H groups in total. The molecule has 6 nitrogen and oxygen atoms in total. The molecule has 6 heteroatoms. The lowest BCUT2D eigenvalue weighted by molar-refractivity contribution is -1.02. The van der Waals surface area contributed by atoms with Crippen LogP contribution in [0.3, 0.4) is 0 Å². The number of benzene rings is 1. The van der Waals surface area contributed by atoms with Gasteiger partial charge in [-0.1, -0.05) is 22.9 Å². The molecule has 146 valence electrons. The Kier molecular flexibility index (Phi) is 5.97. The van der Waals surface area contributed by atoms with Gasteiger partial charge in [0, 0.05) is 11.8 Å². The van der Waals surface area contributed by atoms with Gasteiger partial charge < -0.3 is 19.6 Å². The Morgan fingerprint density at radius 3 is 2.30 bits per heavy atom. The van der Waals surface area contributed by atoms with Gasteiger partial charge in [-0.25, -0.2) is 0 Å². The smallest absolute Gasteiger partial charge is 0.282 e. The van der Waals surface area contributed by atoms with E-state index in [1.54, 1.807) is 0 Å². The average molecular weight is 373 g/mol. The molecular formula is C21H32N4O2+2. The highest BCUT2D eigenvalue weighted by Crippen LogP contribution is 2.21. The summed E-state index contributed by atoms with van der Waals surface area (Å²) in [4.78, 5) is 15.7. The summed E-state index contributed by atoms with van der Waals surface area (Å²) in [6.45, 7) is 15.1. The van der Waals surface area contributed by atoms with Crippen LogP contribution in [0.2, 0.25) is 0 Å². The summed E-state index contributed by atoms with van der Waals surface area (Å²) in [5.74, 6) is 0.969. The second-order valence-electron chi connectivity index (χ2n) is 8.00. The van der Waals surface area contributed by atoms with Gasteiger partial charge in [0.25, 0.3) is 5.91 Å². The van der Waals surface area contributed by atoms with Crippen molar-refractivity contribution in [3.8, 4) is 0 Å². The molecule has 0 unspecified atom stereocenters. The standard InChI is InChI=1S/C21H30N4O2/c1-14-10-15(2)20(16(3)11-14)22-21(26)18(5)25-8-6-24(7-9-25)13-19-12-17(4)27-23-19/h10-12,18H,6-9,13H2,1-5H3,(H,22,26)/p+2/t18-/m0/s1. The zero-order chi connectivity index (χ0) is 19.6. The summed E-state index contributed by atoms with van der Waals surface area (Å²) < 4.78 is 5.16. The van der Waals surface area contributed by atoms with E-state index in [0.29, 0.717) is 0 Å². The largest absolute Gasteiger partial charge is 0.361 e. The number of carbonyl (C=O) groups excluding carboxylic acids is 1. The lowest BCUT2D eigenvalue weighted by atomic mass is 10.0. The molecule has 1 saturated heterocycles. The summed E-state index contributed by atoms with van der Waals surface area (Å²) in [5, 5.41) is 7.26. The van der Waals surface area contributed by atoms with E-state index in [2.05, 4.69) is 43.4 Å². The van der Waals surface area contributed by atoms with Crippen molar-refractivity contribution in [2.24, 2.45) is 0 Å². The molecule has 1 aliphatic heterocycles. The minimum atomic E-state index is -0.0547. The molecule has 0 radical (unpaired) electrons. The summed E-state index contributed by atoms with van der Waals surface area (Å²) in [6.07, 6.45) is 0. The summed E-state index contributed by atoms with van der Waals surface area (Å²) in [7, 11) is 0. The summed E-state index contributed by atoms with van der Waals surface area (Å²) in [6, 6.07) is 6.19. The van der Waals surface area contributed by atoms with Crippen LogP contribution in [-0.2, 0) is 11.3 Å². The highest BCUT2D eigenvalue weighted by molar-refractivity contribution is 5.95. The first kappa shape index (κ1) is 19.6. The van der Waals surface area contributed by atoms with Crippen molar-refractivity contribution >= 4 is 11.6 Å². The Labute approximate surface area is 161 Å². The molecule has 2 aromatic rings. The first-order valence-electron chi connectivity index (χ1n) is 9.82. The highest BCUT2D eigenvalue weighted by atomic mass is 16.5. The molecule has 1 atom stereocenters. The van der Waals surface area contributed by atoms with Crippen molar-refractivity contribution < 1.29 is 19.1 Å². The highest BCUT2D eigenvalue weighted by Gasteiger charge is 2.31. The van der Waals surface area contributed by atoms with Crippen molar-refractivity contribution in [2.45, 2.75) is 47.2 Å². The van der Waals surface area contributed by atoms with Gasteiger partial charge in [-0.15, -0.1) is 0 Å².